The van der Waals surface area contributed by atoms with Gasteiger partial charge in [-0.05, 0) is 24.3 Å². The zero-order chi connectivity index (χ0) is 12.1. The molecule has 0 spiro atoms. The maximum Gasteiger partial charge on any atom is 0.325 e. The van der Waals surface area contributed by atoms with Gasteiger partial charge in [0.15, 0.2) is 5.75 Å². The molecule has 1 aliphatic heterocycles. The summed E-state index contributed by atoms with van der Waals surface area (Å²) in [5, 5.41) is 12.5. The van der Waals surface area contributed by atoms with Crippen molar-refractivity contribution in [3.8, 4) is 5.75 Å². The van der Waals surface area contributed by atoms with Crippen molar-refractivity contribution in [1.82, 2.24) is 9.78 Å². The molecule has 0 radical (unpaired) electrons. The molecule has 94 valence electrons. The van der Waals surface area contributed by atoms with E-state index in [0.717, 1.165) is 5.75 Å². The highest BCUT2D eigenvalue weighted by Crippen LogP contribution is 2.23. The third kappa shape index (κ3) is 3.96. The summed E-state index contributed by atoms with van der Waals surface area (Å²) in [6.45, 7) is 0.578. The zero-order valence-corrected chi connectivity index (χ0v) is 10.4. The minimum absolute atomic E-state index is 0.122. The first-order chi connectivity index (χ1) is 8.24. The molecule has 2 rings (SSSR count). The Labute approximate surface area is 104 Å². The lowest BCUT2D eigenvalue weighted by atomic mass is 10.1. The van der Waals surface area contributed by atoms with Gasteiger partial charge < -0.3 is 9.84 Å². The molecule has 1 saturated heterocycles. The molecule has 1 aliphatic rings. The summed E-state index contributed by atoms with van der Waals surface area (Å²) >= 11 is 1.97. The van der Waals surface area contributed by atoms with Gasteiger partial charge in [-0.3, -0.25) is 9.48 Å². The van der Waals surface area contributed by atoms with Crippen molar-refractivity contribution in [2.45, 2.75) is 19.4 Å². The summed E-state index contributed by atoms with van der Waals surface area (Å²) < 4.78 is 6.99. The fraction of sp³-hybridized carbons (Fsp3) is 0.636. The van der Waals surface area contributed by atoms with Crippen LogP contribution < -0.4 is 4.74 Å². The van der Waals surface area contributed by atoms with E-state index < -0.39 is 5.97 Å². The van der Waals surface area contributed by atoms with Gasteiger partial charge in [0.2, 0.25) is 0 Å². The van der Waals surface area contributed by atoms with E-state index in [2.05, 4.69) is 5.10 Å². The Morgan fingerprint density at radius 3 is 3.29 bits per heavy atom. The van der Waals surface area contributed by atoms with Crippen LogP contribution in [0.1, 0.15) is 12.8 Å². The molecule has 1 fully saturated rings. The van der Waals surface area contributed by atoms with Crippen molar-refractivity contribution >= 4 is 17.7 Å². The van der Waals surface area contributed by atoms with Crippen LogP contribution in [0.25, 0.3) is 0 Å². The van der Waals surface area contributed by atoms with Crippen LogP contribution in [-0.4, -0.2) is 39.0 Å². The molecule has 0 aliphatic carbocycles. The topological polar surface area (TPSA) is 64.3 Å². The van der Waals surface area contributed by atoms with Gasteiger partial charge in [0, 0.05) is 5.92 Å². The number of rotatable bonds is 5. The Morgan fingerprint density at radius 2 is 2.59 bits per heavy atom. The van der Waals surface area contributed by atoms with Crippen LogP contribution in [0.5, 0.6) is 5.75 Å². The zero-order valence-electron chi connectivity index (χ0n) is 9.54. The van der Waals surface area contributed by atoms with Gasteiger partial charge in [0.1, 0.15) is 6.54 Å². The van der Waals surface area contributed by atoms with Gasteiger partial charge >= 0.3 is 5.97 Å². The quantitative estimate of drug-likeness (QED) is 0.864. The fourth-order valence-corrected chi connectivity index (χ4v) is 2.93. The van der Waals surface area contributed by atoms with E-state index in [1.165, 1.54) is 23.3 Å². The number of hydrogen-bond donors (Lipinski definition) is 1. The van der Waals surface area contributed by atoms with E-state index in [-0.39, 0.29) is 6.54 Å². The maximum absolute atomic E-state index is 10.5. The first-order valence-corrected chi connectivity index (χ1v) is 6.84. The third-order valence-electron chi connectivity index (χ3n) is 2.65. The molecule has 1 N–H and O–H groups in total. The van der Waals surface area contributed by atoms with Crippen LogP contribution in [0, 0.1) is 5.92 Å². The van der Waals surface area contributed by atoms with Crippen molar-refractivity contribution in [3.05, 3.63) is 12.4 Å². The predicted molar refractivity (Wildman–Crippen MR) is 65.4 cm³/mol. The van der Waals surface area contributed by atoms with Gasteiger partial charge in [-0.15, -0.1) is 0 Å². The van der Waals surface area contributed by atoms with E-state index in [9.17, 15) is 4.79 Å². The highest BCUT2D eigenvalue weighted by molar-refractivity contribution is 7.99. The van der Waals surface area contributed by atoms with E-state index in [0.29, 0.717) is 18.3 Å². The van der Waals surface area contributed by atoms with E-state index in [1.54, 1.807) is 12.4 Å². The summed E-state index contributed by atoms with van der Waals surface area (Å²) in [6, 6.07) is 0. The van der Waals surface area contributed by atoms with Crippen molar-refractivity contribution in [1.29, 1.82) is 0 Å². The lowest BCUT2D eigenvalue weighted by Gasteiger charge is -2.20. The van der Waals surface area contributed by atoms with Crippen LogP contribution in [0.4, 0.5) is 0 Å². The lowest BCUT2D eigenvalue weighted by molar-refractivity contribution is -0.137. The maximum atomic E-state index is 10.5. The Kier molecular flexibility index (Phi) is 4.30. The minimum Gasteiger partial charge on any atom is -0.490 e. The van der Waals surface area contributed by atoms with Crippen LogP contribution >= 0.6 is 11.8 Å². The first-order valence-electron chi connectivity index (χ1n) is 5.69. The fourth-order valence-electron chi connectivity index (χ4n) is 1.80. The van der Waals surface area contributed by atoms with Gasteiger partial charge in [0.05, 0.1) is 19.0 Å². The van der Waals surface area contributed by atoms with Crippen molar-refractivity contribution in [3.63, 3.8) is 0 Å². The molecule has 0 amide bonds. The average molecular weight is 256 g/mol. The van der Waals surface area contributed by atoms with Crippen molar-refractivity contribution in [2.75, 3.05) is 18.1 Å². The van der Waals surface area contributed by atoms with Gasteiger partial charge in [0.25, 0.3) is 0 Å². The monoisotopic (exact) mass is 256 g/mol. The van der Waals surface area contributed by atoms with E-state index >= 15 is 0 Å². The molecule has 1 aromatic heterocycles. The summed E-state index contributed by atoms with van der Waals surface area (Å²) in [5.41, 5.74) is 0. The molecular formula is C11H16N2O3S. The average Bonchev–Trinajstić information content (AvgIpc) is 2.75. The summed E-state index contributed by atoms with van der Waals surface area (Å²) in [5.74, 6) is 2.78. The molecule has 1 atom stereocenters. The number of aliphatic carboxylic acids is 1. The molecule has 6 heteroatoms. The van der Waals surface area contributed by atoms with Crippen molar-refractivity contribution in [2.24, 2.45) is 5.92 Å². The number of thioether (sulfide) groups is 1. The number of ether oxygens (including phenoxy) is 1. The molecular weight excluding hydrogens is 240 g/mol. The molecule has 2 heterocycles. The summed E-state index contributed by atoms with van der Waals surface area (Å²) in [7, 11) is 0. The molecule has 17 heavy (non-hydrogen) atoms. The second kappa shape index (κ2) is 5.95. The molecule has 1 unspecified atom stereocenters. The standard InChI is InChI=1S/C11H16N2O3S/c14-11(15)6-13-5-10(4-12-13)16-7-9-2-1-3-17-8-9/h4-5,9H,1-3,6-8H2,(H,14,15). The Hall–Kier alpha value is -1.17. The smallest absolute Gasteiger partial charge is 0.325 e. The Balaban J connectivity index is 1.78. The molecule has 0 saturated carbocycles. The molecule has 0 bridgehead atoms. The third-order valence-corrected chi connectivity index (χ3v) is 3.93. The van der Waals surface area contributed by atoms with Gasteiger partial charge in [-0.1, -0.05) is 0 Å². The largest absolute Gasteiger partial charge is 0.490 e. The highest BCUT2D eigenvalue weighted by Gasteiger charge is 2.14. The first kappa shape index (κ1) is 12.3. The second-order valence-electron chi connectivity index (χ2n) is 4.16. The minimum atomic E-state index is -0.900. The Morgan fingerprint density at radius 1 is 1.71 bits per heavy atom. The summed E-state index contributed by atoms with van der Waals surface area (Å²) in [6.07, 6.45) is 5.68. The number of carboxylic acids is 1. The predicted octanol–water partition coefficient (Wildman–Crippen LogP) is 1.49. The number of hydrogen-bond acceptors (Lipinski definition) is 4. The lowest BCUT2D eigenvalue weighted by Crippen LogP contribution is -2.18. The van der Waals surface area contributed by atoms with Crippen LogP contribution in [0.15, 0.2) is 12.4 Å². The summed E-state index contributed by atoms with van der Waals surface area (Å²) in [4.78, 5) is 10.5. The SMILES string of the molecule is O=C(O)Cn1cc(OCC2CCCSC2)cn1. The van der Waals surface area contributed by atoms with Crippen LogP contribution in [-0.2, 0) is 11.3 Å². The molecule has 1 aromatic rings. The van der Waals surface area contributed by atoms with Crippen LogP contribution in [0.2, 0.25) is 0 Å². The number of carbonyl (C=O) groups is 1. The second-order valence-corrected chi connectivity index (χ2v) is 5.31. The van der Waals surface area contributed by atoms with E-state index in [4.69, 9.17) is 9.84 Å². The van der Waals surface area contributed by atoms with Crippen molar-refractivity contribution < 1.29 is 14.6 Å². The van der Waals surface area contributed by atoms with Gasteiger partial charge in [-0.2, -0.15) is 16.9 Å². The normalized spacial score (nSPS) is 20.1. The molecule has 0 aromatic carbocycles. The highest BCUT2D eigenvalue weighted by atomic mass is 32.2. The van der Waals surface area contributed by atoms with E-state index in [1.807, 2.05) is 11.8 Å². The van der Waals surface area contributed by atoms with Gasteiger partial charge in [-0.25, -0.2) is 0 Å². The Bertz CT molecular complexity index is 375. The number of aromatic nitrogens is 2. The number of nitrogens with zero attached hydrogens (tertiary/aromatic N) is 2. The van der Waals surface area contributed by atoms with Crippen LogP contribution in [0.3, 0.4) is 0 Å². The molecule has 5 nitrogen and oxygen atoms in total. The number of carboxylic acid groups (broad SMARTS) is 1.